The van der Waals surface area contributed by atoms with Crippen LogP contribution in [0.3, 0.4) is 0 Å². The van der Waals surface area contributed by atoms with Crippen LogP contribution in [0.4, 0.5) is 0 Å². The third-order valence-corrected chi connectivity index (χ3v) is 5.58. The molecule has 0 spiro atoms. The second-order valence-electron chi connectivity index (χ2n) is 5.73. The van der Waals surface area contributed by atoms with Gasteiger partial charge in [-0.15, -0.1) is 0 Å². The first-order valence-electron chi connectivity index (χ1n) is 7.39. The normalized spacial score (nSPS) is 22.3. The smallest absolute Gasteiger partial charge is 0.313 e. The molecule has 2 aromatic rings. The van der Waals surface area contributed by atoms with Crippen LogP contribution < -0.4 is 21.3 Å². The van der Waals surface area contributed by atoms with Crippen molar-refractivity contribution in [1.82, 2.24) is 20.0 Å². The maximum Gasteiger partial charge on any atom is 0.326 e. The van der Waals surface area contributed by atoms with Gasteiger partial charge in [0.1, 0.15) is 0 Å². The van der Waals surface area contributed by atoms with E-state index in [1.807, 2.05) is 6.92 Å². The number of piperidine rings is 1. The minimum atomic E-state index is -3.75. The van der Waals surface area contributed by atoms with Gasteiger partial charge in [0.05, 0.1) is 15.8 Å². The zero-order chi connectivity index (χ0) is 16.6. The Morgan fingerprint density at radius 2 is 2.00 bits per heavy atom. The van der Waals surface area contributed by atoms with Gasteiger partial charge in [-0.2, -0.15) is 0 Å². The lowest BCUT2D eigenvalue weighted by atomic mass is 10.0. The number of aromatic nitrogens is 2. The molecule has 0 saturated carbocycles. The van der Waals surface area contributed by atoms with E-state index in [1.165, 1.54) is 18.2 Å². The van der Waals surface area contributed by atoms with Crippen molar-refractivity contribution in [2.24, 2.45) is 0 Å². The Labute approximate surface area is 132 Å². The predicted molar refractivity (Wildman–Crippen MR) is 86.0 cm³/mol. The topological polar surface area (TPSA) is 124 Å². The number of sulfonamides is 1. The van der Waals surface area contributed by atoms with Crippen LogP contribution in [0.5, 0.6) is 0 Å². The standard InChI is InChI=1S/C14H18N4O4S/c1-8-11(3-2-6-15-8)18-23(21,22)9-4-5-12-10(7-9)13(19)17-14(20)16-12/h4-5,7-8,11,15,18H,2-3,6H2,1H3,(H2,16,17,19,20). The summed E-state index contributed by atoms with van der Waals surface area (Å²) in [7, 11) is -3.75. The number of H-pyrrole nitrogens is 2. The molecule has 1 aromatic heterocycles. The molecule has 3 rings (SSSR count). The highest BCUT2D eigenvalue weighted by atomic mass is 32.2. The fourth-order valence-corrected chi connectivity index (χ4v) is 4.16. The van der Waals surface area contributed by atoms with Crippen molar-refractivity contribution in [3.05, 3.63) is 39.0 Å². The molecule has 8 nitrogen and oxygen atoms in total. The quantitative estimate of drug-likeness (QED) is 0.608. The van der Waals surface area contributed by atoms with E-state index in [1.54, 1.807) is 0 Å². The van der Waals surface area contributed by atoms with E-state index >= 15 is 0 Å². The van der Waals surface area contributed by atoms with Crippen LogP contribution >= 0.6 is 0 Å². The molecule has 0 bridgehead atoms. The summed E-state index contributed by atoms with van der Waals surface area (Å²) in [5.74, 6) is 0. The van der Waals surface area contributed by atoms with Crippen molar-refractivity contribution >= 4 is 20.9 Å². The fourth-order valence-electron chi connectivity index (χ4n) is 2.78. The zero-order valence-corrected chi connectivity index (χ0v) is 13.4. The van der Waals surface area contributed by atoms with Gasteiger partial charge in [0.25, 0.3) is 5.56 Å². The summed E-state index contributed by atoms with van der Waals surface area (Å²) in [6, 6.07) is 3.91. The summed E-state index contributed by atoms with van der Waals surface area (Å²) in [4.78, 5) is 27.6. The van der Waals surface area contributed by atoms with Crippen LogP contribution in [-0.4, -0.2) is 37.0 Å². The minimum absolute atomic E-state index is 0.000299. The van der Waals surface area contributed by atoms with Crippen LogP contribution in [-0.2, 0) is 10.0 Å². The van der Waals surface area contributed by atoms with Crippen molar-refractivity contribution in [3.63, 3.8) is 0 Å². The molecule has 2 unspecified atom stereocenters. The van der Waals surface area contributed by atoms with Gasteiger partial charge in [-0.25, -0.2) is 17.9 Å². The van der Waals surface area contributed by atoms with Crippen molar-refractivity contribution in [2.45, 2.75) is 36.7 Å². The zero-order valence-electron chi connectivity index (χ0n) is 12.5. The molecule has 0 aliphatic carbocycles. The van der Waals surface area contributed by atoms with E-state index in [-0.39, 0.29) is 22.4 Å². The highest BCUT2D eigenvalue weighted by Gasteiger charge is 2.26. The van der Waals surface area contributed by atoms with Crippen molar-refractivity contribution < 1.29 is 8.42 Å². The lowest BCUT2D eigenvalue weighted by Crippen LogP contribution is -2.51. The van der Waals surface area contributed by atoms with E-state index in [4.69, 9.17) is 0 Å². The van der Waals surface area contributed by atoms with Gasteiger partial charge in [-0.05, 0) is 44.5 Å². The first-order valence-corrected chi connectivity index (χ1v) is 8.87. The summed E-state index contributed by atoms with van der Waals surface area (Å²) in [6.45, 7) is 2.81. The molecule has 1 fully saturated rings. The van der Waals surface area contributed by atoms with Crippen LogP contribution in [0.2, 0.25) is 0 Å². The van der Waals surface area contributed by atoms with Crippen LogP contribution in [0.1, 0.15) is 19.8 Å². The Bertz CT molecular complexity index is 947. The summed E-state index contributed by atoms with van der Waals surface area (Å²) in [6.07, 6.45) is 1.66. The summed E-state index contributed by atoms with van der Waals surface area (Å²) < 4.78 is 27.8. The van der Waals surface area contributed by atoms with Gasteiger partial charge >= 0.3 is 5.69 Å². The highest BCUT2D eigenvalue weighted by Crippen LogP contribution is 2.17. The maximum atomic E-state index is 12.5. The Balaban J connectivity index is 1.98. The van der Waals surface area contributed by atoms with E-state index in [0.717, 1.165) is 19.4 Å². The number of hydrogen-bond acceptors (Lipinski definition) is 5. The van der Waals surface area contributed by atoms with Crippen molar-refractivity contribution in [3.8, 4) is 0 Å². The summed E-state index contributed by atoms with van der Waals surface area (Å²) in [5.41, 5.74) is -0.947. The lowest BCUT2D eigenvalue weighted by Gasteiger charge is -2.30. The average Bonchev–Trinajstić information content (AvgIpc) is 2.49. The van der Waals surface area contributed by atoms with E-state index < -0.39 is 21.3 Å². The maximum absolute atomic E-state index is 12.5. The predicted octanol–water partition coefficient (Wildman–Crippen LogP) is -0.365. The third-order valence-electron chi connectivity index (χ3n) is 4.09. The number of benzene rings is 1. The van der Waals surface area contributed by atoms with Crippen molar-refractivity contribution in [1.29, 1.82) is 0 Å². The Morgan fingerprint density at radius 3 is 2.74 bits per heavy atom. The molecule has 9 heteroatoms. The molecule has 2 atom stereocenters. The van der Waals surface area contributed by atoms with Crippen LogP contribution in [0.25, 0.3) is 10.9 Å². The van der Waals surface area contributed by atoms with Crippen LogP contribution in [0, 0.1) is 0 Å². The summed E-state index contributed by atoms with van der Waals surface area (Å²) in [5, 5.41) is 3.36. The van der Waals surface area contributed by atoms with Gasteiger partial charge < -0.3 is 10.3 Å². The molecule has 1 aromatic carbocycles. The van der Waals surface area contributed by atoms with E-state index in [9.17, 15) is 18.0 Å². The Kier molecular flexibility index (Phi) is 4.09. The van der Waals surface area contributed by atoms with Gasteiger partial charge in [0.2, 0.25) is 10.0 Å². The molecule has 2 heterocycles. The van der Waals surface area contributed by atoms with E-state index in [0.29, 0.717) is 5.52 Å². The molecule has 1 saturated heterocycles. The van der Waals surface area contributed by atoms with Gasteiger partial charge in [0, 0.05) is 12.1 Å². The van der Waals surface area contributed by atoms with Crippen molar-refractivity contribution in [2.75, 3.05) is 6.54 Å². The molecular weight excluding hydrogens is 320 g/mol. The molecule has 1 aliphatic heterocycles. The Hall–Kier alpha value is -1.97. The molecule has 0 amide bonds. The lowest BCUT2D eigenvalue weighted by molar-refractivity contribution is 0.349. The third kappa shape index (κ3) is 3.21. The molecular formula is C14H18N4O4S. The largest absolute Gasteiger partial charge is 0.326 e. The molecule has 4 N–H and O–H groups in total. The number of fused-ring (bicyclic) bond motifs is 1. The van der Waals surface area contributed by atoms with Crippen LogP contribution in [0.15, 0.2) is 32.7 Å². The number of hydrogen-bond donors (Lipinski definition) is 4. The SMILES string of the molecule is CC1NCCCC1NS(=O)(=O)c1ccc2[nH]c(=O)[nH]c(=O)c2c1. The summed E-state index contributed by atoms with van der Waals surface area (Å²) >= 11 is 0. The van der Waals surface area contributed by atoms with Gasteiger partial charge in [0.15, 0.2) is 0 Å². The number of rotatable bonds is 3. The monoisotopic (exact) mass is 338 g/mol. The number of nitrogens with one attached hydrogen (secondary N) is 4. The molecule has 1 aliphatic rings. The average molecular weight is 338 g/mol. The van der Waals surface area contributed by atoms with Gasteiger partial charge in [-0.1, -0.05) is 0 Å². The minimum Gasteiger partial charge on any atom is -0.313 e. The fraction of sp³-hybridized carbons (Fsp3) is 0.429. The molecule has 0 radical (unpaired) electrons. The number of aromatic amines is 2. The highest BCUT2D eigenvalue weighted by molar-refractivity contribution is 7.89. The first kappa shape index (κ1) is 15.9. The first-order chi connectivity index (χ1) is 10.9. The van der Waals surface area contributed by atoms with E-state index in [2.05, 4.69) is 20.0 Å². The second-order valence-corrected chi connectivity index (χ2v) is 7.44. The Morgan fingerprint density at radius 1 is 1.22 bits per heavy atom. The second kappa shape index (κ2) is 5.91. The van der Waals surface area contributed by atoms with Gasteiger partial charge in [-0.3, -0.25) is 9.78 Å². The molecule has 23 heavy (non-hydrogen) atoms. The molecule has 124 valence electrons.